The number of methoxy groups -OCH3 is 2. The second kappa shape index (κ2) is 7.65. The number of benzene rings is 1. The van der Waals surface area contributed by atoms with Crippen LogP contribution in [0.2, 0.25) is 0 Å². The summed E-state index contributed by atoms with van der Waals surface area (Å²) in [5, 5.41) is 3.57. The van der Waals surface area contributed by atoms with Crippen LogP contribution in [0.4, 0.5) is 0 Å². The van der Waals surface area contributed by atoms with Gasteiger partial charge in [-0.05, 0) is 30.5 Å². The Balaban J connectivity index is 2.12. The molecule has 2 rings (SSSR count). The minimum absolute atomic E-state index is 0.264. The SMILES string of the molecule is COCCNCC1(c2cccc(OC)c2)CCCCC1. The molecule has 1 N–H and O–H groups in total. The first-order valence-corrected chi connectivity index (χ1v) is 7.65. The number of rotatable bonds is 7. The molecule has 20 heavy (non-hydrogen) atoms. The molecule has 1 aliphatic rings. The second-order valence-electron chi connectivity index (χ2n) is 5.74. The predicted molar refractivity (Wildman–Crippen MR) is 82.5 cm³/mol. The van der Waals surface area contributed by atoms with Crippen molar-refractivity contribution in [2.45, 2.75) is 37.5 Å². The van der Waals surface area contributed by atoms with Crippen LogP contribution in [0.1, 0.15) is 37.7 Å². The van der Waals surface area contributed by atoms with Gasteiger partial charge in [0, 0.05) is 25.6 Å². The van der Waals surface area contributed by atoms with Gasteiger partial charge in [-0.3, -0.25) is 0 Å². The fraction of sp³-hybridized carbons (Fsp3) is 0.647. The van der Waals surface area contributed by atoms with E-state index in [9.17, 15) is 0 Å². The monoisotopic (exact) mass is 277 g/mol. The van der Waals surface area contributed by atoms with Crippen LogP contribution in [0.15, 0.2) is 24.3 Å². The Bertz CT molecular complexity index is 400. The lowest BCUT2D eigenvalue weighted by molar-refractivity contribution is 0.192. The summed E-state index contributed by atoms with van der Waals surface area (Å²) in [5.41, 5.74) is 1.68. The van der Waals surface area contributed by atoms with Gasteiger partial charge >= 0.3 is 0 Å². The fourth-order valence-electron chi connectivity index (χ4n) is 3.25. The first-order valence-electron chi connectivity index (χ1n) is 7.65. The Labute approximate surface area is 122 Å². The second-order valence-corrected chi connectivity index (χ2v) is 5.74. The van der Waals surface area contributed by atoms with Crippen molar-refractivity contribution >= 4 is 0 Å². The highest BCUT2D eigenvalue weighted by Crippen LogP contribution is 2.39. The number of hydrogen-bond acceptors (Lipinski definition) is 3. The maximum Gasteiger partial charge on any atom is 0.119 e. The zero-order valence-corrected chi connectivity index (χ0v) is 12.8. The average Bonchev–Trinajstić information content (AvgIpc) is 2.52. The molecule has 0 aliphatic heterocycles. The third-order valence-electron chi connectivity index (χ3n) is 4.44. The molecule has 0 amide bonds. The standard InChI is InChI=1S/C17H27NO2/c1-19-12-11-18-14-17(9-4-3-5-10-17)15-7-6-8-16(13-15)20-2/h6-8,13,18H,3-5,9-12,14H2,1-2H3. The zero-order valence-electron chi connectivity index (χ0n) is 12.8. The average molecular weight is 277 g/mol. The van der Waals surface area contributed by atoms with Gasteiger partial charge in [-0.1, -0.05) is 31.4 Å². The van der Waals surface area contributed by atoms with E-state index < -0.39 is 0 Å². The van der Waals surface area contributed by atoms with Crippen LogP contribution in [0.25, 0.3) is 0 Å². The molecule has 0 atom stereocenters. The molecule has 1 aromatic rings. The topological polar surface area (TPSA) is 30.5 Å². The van der Waals surface area contributed by atoms with Gasteiger partial charge in [0.2, 0.25) is 0 Å². The summed E-state index contributed by atoms with van der Waals surface area (Å²) in [6.45, 7) is 2.72. The number of hydrogen-bond donors (Lipinski definition) is 1. The van der Waals surface area contributed by atoms with Crippen LogP contribution in [-0.2, 0) is 10.2 Å². The Hall–Kier alpha value is -1.06. The third kappa shape index (κ3) is 3.74. The highest BCUT2D eigenvalue weighted by atomic mass is 16.5. The minimum Gasteiger partial charge on any atom is -0.497 e. The summed E-state index contributed by atoms with van der Waals surface area (Å²) in [6, 6.07) is 8.60. The molecule has 1 fully saturated rings. The molecule has 3 heteroatoms. The molecule has 0 saturated heterocycles. The van der Waals surface area contributed by atoms with Gasteiger partial charge in [0.15, 0.2) is 0 Å². The van der Waals surface area contributed by atoms with Crippen molar-refractivity contribution < 1.29 is 9.47 Å². The molecule has 1 saturated carbocycles. The highest BCUT2D eigenvalue weighted by molar-refractivity contribution is 5.34. The molecule has 112 valence electrons. The summed E-state index contributed by atoms with van der Waals surface area (Å²) >= 11 is 0. The molecular weight excluding hydrogens is 250 g/mol. The van der Waals surface area contributed by atoms with Crippen LogP contribution in [0.5, 0.6) is 5.75 Å². The number of ether oxygens (including phenoxy) is 2. The van der Waals surface area contributed by atoms with E-state index in [-0.39, 0.29) is 5.41 Å². The van der Waals surface area contributed by atoms with Gasteiger partial charge in [-0.25, -0.2) is 0 Å². The summed E-state index contributed by atoms with van der Waals surface area (Å²) in [6.07, 6.45) is 6.54. The molecule has 0 bridgehead atoms. The van der Waals surface area contributed by atoms with Gasteiger partial charge in [-0.2, -0.15) is 0 Å². The van der Waals surface area contributed by atoms with Crippen molar-refractivity contribution in [1.29, 1.82) is 0 Å². The minimum atomic E-state index is 0.264. The lowest BCUT2D eigenvalue weighted by atomic mass is 9.69. The van der Waals surface area contributed by atoms with Crippen LogP contribution < -0.4 is 10.1 Å². The van der Waals surface area contributed by atoms with E-state index in [0.29, 0.717) is 0 Å². The van der Waals surface area contributed by atoms with E-state index in [2.05, 4.69) is 23.5 Å². The largest absolute Gasteiger partial charge is 0.497 e. The molecule has 3 nitrogen and oxygen atoms in total. The molecule has 1 aliphatic carbocycles. The Morgan fingerprint density at radius 3 is 2.65 bits per heavy atom. The smallest absolute Gasteiger partial charge is 0.119 e. The maximum absolute atomic E-state index is 5.39. The molecular formula is C17H27NO2. The Kier molecular flexibility index (Phi) is 5.86. The third-order valence-corrected chi connectivity index (χ3v) is 4.44. The van der Waals surface area contributed by atoms with E-state index in [4.69, 9.17) is 9.47 Å². The number of nitrogens with one attached hydrogen (secondary N) is 1. The van der Waals surface area contributed by atoms with Gasteiger partial charge < -0.3 is 14.8 Å². The summed E-state index contributed by atoms with van der Waals surface area (Å²) < 4.78 is 10.5. The lowest BCUT2D eigenvalue weighted by Crippen LogP contribution is -2.41. The van der Waals surface area contributed by atoms with Gasteiger partial charge in [-0.15, -0.1) is 0 Å². The van der Waals surface area contributed by atoms with E-state index in [1.165, 1.54) is 37.7 Å². The molecule has 0 unspecified atom stereocenters. The van der Waals surface area contributed by atoms with Gasteiger partial charge in [0.1, 0.15) is 5.75 Å². The highest BCUT2D eigenvalue weighted by Gasteiger charge is 2.33. The van der Waals surface area contributed by atoms with Gasteiger partial charge in [0.05, 0.1) is 13.7 Å². The molecule has 0 radical (unpaired) electrons. The van der Waals surface area contributed by atoms with Crippen molar-refractivity contribution in [3.05, 3.63) is 29.8 Å². The van der Waals surface area contributed by atoms with E-state index in [1.807, 2.05) is 6.07 Å². The normalized spacial score (nSPS) is 17.9. The Morgan fingerprint density at radius 1 is 1.15 bits per heavy atom. The molecule has 0 spiro atoms. The van der Waals surface area contributed by atoms with Crippen LogP contribution in [0, 0.1) is 0 Å². The molecule has 0 aromatic heterocycles. The molecule has 0 heterocycles. The van der Waals surface area contributed by atoms with E-state index >= 15 is 0 Å². The van der Waals surface area contributed by atoms with Crippen molar-refractivity contribution in [2.24, 2.45) is 0 Å². The van der Waals surface area contributed by atoms with Crippen molar-refractivity contribution in [1.82, 2.24) is 5.32 Å². The fourth-order valence-corrected chi connectivity index (χ4v) is 3.25. The van der Waals surface area contributed by atoms with E-state index in [1.54, 1.807) is 14.2 Å². The first-order chi connectivity index (χ1) is 9.80. The van der Waals surface area contributed by atoms with Crippen LogP contribution in [0.3, 0.4) is 0 Å². The summed E-state index contributed by atoms with van der Waals surface area (Å²) in [4.78, 5) is 0. The maximum atomic E-state index is 5.39. The van der Waals surface area contributed by atoms with Crippen molar-refractivity contribution in [2.75, 3.05) is 33.9 Å². The predicted octanol–water partition coefficient (Wildman–Crippen LogP) is 3.13. The zero-order chi connectivity index (χ0) is 14.3. The summed E-state index contributed by atoms with van der Waals surface area (Å²) in [5.74, 6) is 0.962. The summed E-state index contributed by atoms with van der Waals surface area (Å²) in [7, 11) is 3.49. The first kappa shape index (κ1) is 15.3. The quantitative estimate of drug-likeness (QED) is 0.777. The van der Waals surface area contributed by atoms with Gasteiger partial charge in [0.25, 0.3) is 0 Å². The van der Waals surface area contributed by atoms with E-state index in [0.717, 1.165) is 25.4 Å². The van der Waals surface area contributed by atoms with Crippen LogP contribution >= 0.6 is 0 Å². The van der Waals surface area contributed by atoms with Crippen molar-refractivity contribution in [3.63, 3.8) is 0 Å². The Morgan fingerprint density at radius 2 is 1.95 bits per heavy atom. The lowest BCUT2D eigenvalue weighted by Gasteiger charge is -2.38. The van der Waals surface area contributed by atoms with Crippen LogP contribution in [-0.4, -0.2) is 33.9 Å². The van der Waals surface area contributed by atoms with Crippen molar-refractivity contribution in [3.8, 4) is 5.75 Å². The molecule has 1 aromatic carbocycles.